The van der Waals surface area contributed by atoms with Crippen molar-refractivity contribution < 1.29 is 9.84 Å². The summed E-state index contributed by atoms with van der Waals surface area (Å²) >= 11 is 0. The maximum Gasteiger partial charge on any atom is 0.123 e. The number of anilines is 1. The number of benzene rings is 2. The van der Waals surface area contributed by atoms with E-state index in [0.717, 1.165) is 38.3 Å². The number of methoxy groups -OCH3 is 1. The summed E-state index contributed by atoms with van der Waals surface area (Å²) in [5.74, 6) is 1.00. The highest BCUT2D eigenvalue weighted by molar-refractivity contribution is 5.55. The van der Waals surface area contributed by atoms with E-state index in [-0.39, 0.29) is 0 Å². The largest absolute Gasteiger partial charge is 0.507 e. The average Bonchev–Trinajstić information content (AvgIpc) is 2.59. The lowest BCUT2D eigenvalue weighted by molar-refractivity contribution is 0.246. The maximum absolute atomic E-state index is 10.1. The van der Waals surface area contributed by atoms with Crippen LogP contribution in [-0.2, 0) is 6.54 Å². The first-order chi connectivity index (χ1) is 11.6. The molecule has 2 aromatic rings. The molecule has 0 spiro atoms. The van der Waals surface area contributed by atoms with Gasteiger partial charge in [0.1, 0.15) is 11.5 Å². The number of ether oxygens (including phenoxy) is 1. The van der Waals surface area contributed by atoms with Gasteiger partial charge in [0.15, 0.2) is 0 Å². The molecular weight excluding hydrogens is 300 g/mol. The Labute approximate surface area is 144 Å². The van der Waals surface area contributed by atoms with Gasteiger partial charge in [0.25, 0.3) is 0 Å². The van der Waals surface area contributed by atoms with Crippen LogP contribution in [0.3, 0.4) is 0 Å². The molecule has 1 N–H and O–H groups in total. The van der Waals surface area contributed by atoms with Gasteiger partial charge >= 0.3 is 0 Å². The van der Waals surface area contributed by atoms with Crippen molar-refractivity contribution in [3.05, 3.63) is 53.1 Å². The van der Waals surface area contributed by atoms with Crippen molar-refractivity contribution in [1.82, 2.24) is 4.90 Å². The zero-order valence-corrected chi connectivity index (χ0v) is 14.7. The predicted molar refractivity (Wildman–Crippen MR) is 98.1 cm³/mol. The molecule has 0 radical (unpaired) electrons. The normalized spacial score (nSPS) is 15.5. The zero-order chi connectivity index (χ0) is 17.1. The van der Waals surface area contributed by atoms with Crippen molar-refractivity contribution >= 4 is 5.69 Å². The molecule has 3 rings (SSSR count). The van der Waals surface area contributed by atoms with Crippen LogP contribution >= 0.6 is 0 Å². The summed E-state index contributed by atoms with van der Waals surface area (Å²) in [4.78, 5) is 4.86. The number of aromatic hydroxyl groups is 1. The van der Waals surface area contributed by atoms with Crippen molar-refractivity contribution in [2.75, 3.05) is 38.2 Å². The molecule has 1 heterocycles. The van der Waals surface area contributed by atoms with Crippen molar-refractivity contribution in [2.24, 2.45) is 0 Å². The summed E-state index contributed by atoms with van der Waals surface area (Å²) < 4.78 is 5.14. The van der Waals surface area contributed by atoms with E-state index in [4.69, 9.17) is 4.74 Å². The summed E-state index contributed by atoms with van der Waals surface area (Å²) in [5.41, 5.74) is 4.95. The molecule has 1 aliphatic rings. The molecule has 0 aliphatic carbocycles. The minimum absolute atomic E-state index is 0.311. The summed E-state index contributed by atoms with van der Waals surface area (Å²) in [6.07, 6.45) is 0. The average molecular weight is 326 g/mol. The standard InChI is InChI=1S/C20H26N2O2/c1-15-4-5-16(2)19(12-15)22-10-8-21(9-11-22)14-17-6-7-18(24-3)13-20(17)23/h4-7,12-13,23H,8-11,14H2,1-3H3. The van der Waals surface area contributed by atoms with Gasteiger partial charge in [-0.05, 0) is 37.1 Å². The number of rotatable bonds is 4. The Balaban J connectivity index is 1.62. The first-order valence-corrected chi connectivity index (χ1v) is 8.47. The van der Waals surface area contributed by atoms with Gasteiger partial charge in [-0.2, -0.15) is 0 Å². The lowest BCUT2D eigenvalue weighted by Crippen LogP contribution is -2.46. The Morgan fingerprint density at radius 3 is 2.42 bits per heavy atom. The van der Waals surface area contributed by atoms with E-state index < -0.39 is 0 Å². The number of hydrogen-bond acceptors (Lipinski definition) is 4. The number of hydrogen-bond donors (Lipinski definition) is 1. The van der Waals surface area contributed by atoms with Crippen LogP contribution in [0.4, 0.5) is 5.69 Å². The Hall–Kier alpha value is -2.20. The molecular formula is C20H26N2O2. The van der Waals surface area contributed by atoms with Crippen LogP contribution in [0, 0.1) is 13.8 Å². The number of aryl methyl sites for hydroxylation is 2. The molecule has 0 unspecified atom stereocenters. The Morgan fingerprint density at radius 2 is 1.75 bits per heavy atom. The van der Waals surface area contributed by atoms with Gasteiger partial charge in [-0.3, -0.25) is 4.90 Å². The Kier molecular flexibility index (Phi) is 4.95. The minimum atomic E-state index is 0.311. The van der Waals surface area contributed by atoms with Crippen molar-refractivity contribution in [1.29, 1.82) is 0 Å². The van der Waals surface area contributed by atoms with Gasteiger partial charge in [-0.25, -0.2) is 0 Å². The summed E-state index contributed by atoms with van der Waals surface area (Å²) in [6, 6.07) is 12.2. The second-order valence-electron chi connectivity index (χ2n) is 6.55. The van der Waals surface area contributed by atoms with Crippen molar-refractivity contribution in [2.45, 2.75) is 20.4 Å². The number of phenols is 1. The minimum Gasteiger partial charge on any atom is -0.507 e. The van der Waals surface area contributed by atoms with Crippen LogP contribution < -0.4 is 9.64 Å². The smallest absolute Gasteiger partial charge is 0.123 e. The van der Waals surface area contributed by atoms with Crippen LogP contribution in [0.2, 0.25) is 0 Å². The van der Waals surface area contributed by atoms with Crippen LogP contribution in [0.1, 0.15) is 16.7 Å². The first kappa shape index (κ1) is 16.7. The second-order valence-corrected chi connectivity index (χ2v) is 6.55. The van der Waals surface area contributed by atoms with Gasteiger partial charge < -0.3 is 14.7 Å². The molecule has 4 heteroatoms. The molecule has 0 amide bonds. The molecule has 1 saturated heterocycles. The van der Waals surface area contributed by atoms with E-state index in [0.29, 0.717) is 11.5 Å². The van der Waals surface area contributed by atoms with E-state index in [1.54, 1.807) is 13.2 Å². The predicted octanol–water partition coefficient (Wildman–Crippen LogP) is 3.34. The van der Waals surface area contributed by atoms with Gasteiger partial charge in [0, 0.05) is 50.0 Å². The fourth-order valence-corrected chi connectivity index (χ4v) is 3.25. The molecule has 0 aromatic heterocycles. The SMILES string of the molecule is COc1ccc(CN2CCN(c3cc(C)ccc3C)CC2)c(O)c1. The number of nitrogens with zero attached hydrogens (tertiary/aromatic N) is 2. The van der Waals surface area contributed by atoms with E-state index >= 15 is 0 Å². The lowest BCUT2D eigenvalue weighted by Gasteiger charge is -2.37. The molecule has 0 bridgehead atoms. The van der Waals surface area contributed by atoms with Crippen LogP contribution in [0.25, 0.3) is 0 Å². The number of phenolic OH excluding ortho intramolecular Hbond substituents is 1. The van der Waals surface area contributed by atoms with Gasteiger partial charge in [-0.1, -0.05) is 18.2 Å². The molecule has 4 nitrogen and oxygen atoms in total. The monoisotopic (exact) mass is 326 g/mol. The lowest BCUT2D eigenvalue weighted by atomic mass is 10.1. The van der Waals surface area contributed by atoms with Gasteiger partial charge in [0.05, 0.1) is 7.11 Å². The topological polar surface area (TPSA) is 35.9 Å². The highest BCUT2D eigenvalue weighted by atomic mass is 16.5. The molecule has 0 saturated carbocycles. The highest BCUT2D eigenvalue weighted by Crippen LogP contribution is 2.26. The van der Waals surface area contributed by atoms with Gasteiger partial charge in [-0.15, -0.1) is 0 Å². The third kappa shape index (κ3) is 3.65. The summed E-state index contributed by atoms with van der Waals surface area (Å²) in [6.45, 7) is 9.12. The molecule has 128 valence electrons. The van der Waals surface area contributed by atoms with Gasteiger partial charge in [0.2, 0.25) is 0 Å². The van der Waals surface area contributed by atoms with E-state index in [1.807, 2.05) is 12.1 Å². The Bertz CT molecular complexity index is 707. The molecule has 1 aliphatic heterocycles. The maximum atomic E-state index is 10.1. The van der Waals surface area contributed by atoms with Crippen molar-refractivity contribution in [3.8, 4) is 11.5 Å². The summed E-state index contributed by atoms with van der Waals surface area (Å²) in [5, 5.41) is 10.1. The molecule has 1 fully saturated rings. The van der Waals surface area contributed by atoms with Crippen LogP contribution in [0.5, 0.6) is 11.5 Å². The molecule has 0 atom stereocenters. The fraction of sp³-hybridized carbons (Fsp3) is 0.400. The second kappa shape index (κ2) is 7.14. The fourth-order valence-electron chi connectivity index (χ4n) is 3.25. The highest BCUT2D eigenvalue weighted by Gasteiger charge is 2.19. The Morgan fingerprint density at radius 1 is 1.00 bits per heavy atom. The van der Waals surface area contributed by atoms with E-state index in [9.17, 15) is 5.11 Å². The third-order valence-electron chi connectivity index (χ3n) is 4.76. The van der Waals surface area contributed by atoms with Crippen molar-refractivity contribution in [3.63, 3.8) is 0 Å². The molecule has 2 aromatic carbocycles. The number of piperazine rings is 1. The molecule has 24 heavy (non-hydrogen) atoms. The summed E-state index contributed by atoms with van der Waals surface area (Å²) in [7, 11) is 1.61. The van der Waals surface area contributed by atoms with E-state index in [2.05, 4.69) is 41.8 Å². The van der Waals surface area contributed by atoms with Crippen LogP contribution in [0.15, 0.2) is 36.4 Å². The first-order valence-electron chi connectivity index (χ1n) is 8.47. The van der Waals surface area contributed by atoms with Crippen LogP contribution in [-0.4, -0.2) is 43.3 Å². The quantitative estimate of drug-likeness (QED) is 0.935. The third-order valence-corrected chi connectivity index (χ3v) is 4.76. The zero-order valence-electron chi connectivity index (χ0n) is 14.7. The van der Waals surface area contributed by atoms with E-state index in [1.165, 1.54) is 16.8 Å².